The molecule has 0 saturated heterocycles. The fourth-order valence-corrected chi connectivity index (χ4v) is 1.22. The summed E-state index contributed by atoms with van der Waals surface area (Å²) in [5, 5.41) is 2.47. The fraction of sp³-hybridized carbons (Fsp3) is 0.417. The second-order valence-corrected chi connectivity index (χ2v) is 3.88. The number of alkyl halides is 3. The number of halogens is 3. The van der Waals surface area contributed by atoms with Crippen molar-refractivity contribution < 1.29 is 18.0 Å². The van der Waals surface area contributed by atoms with E-state index in [1.54, 1.807) is 6.92 Å². The summed E-state index contributed by atoms with van der Waals surface area (Å²) in [5.41, 5.74) is -0.593. The van der Waals surface area contributed by atoms with Crippen molar-refractivity contribution in [2.45, 2.75) is 26.4 Å². The van der Waals surface area contributed by atoms with E-state index >= 15 is 0 Å². The lowest BCUT2D eigenvalue weighted by Crippen LogP contribution is -2.20. The molecule has 0 fully saturated rings. The number of anilines is 1. The number of carbonyl (C=O) groups is 1. The zero-order chi connectivity index (χ0) is 13.1. The van der Waals surface area contributed by atoms with Crippen LogP contribution < -0.4 is 5.32 Å². The molecule has 0 spiro atoms. The molecule has 0 aromatic heterocycles. The third kappa shape index (κ3) is 3.76. The first-order chi connectivity index (χ1) is 7.84. The molecule has 1 rings (SSSR count). The summed E-state index contributed by atoms with van der Waals surface area (Å²) in [5.74, 6) is -0.489. The lowest BCUT2D eigenvalue weighted by Gasteiger charge is -2.12. The highest BCUT2D eigenvalue weighted by atomic mass is 19.4. The average Bonchev–Trinajstić information content (AvgIpc) is 2.27. The maximum absolute atomic E-state index is 12.4. The Morgan fingerprint density at radius 3 is 2.59 bits per heavy atom. The molecule has 17 heavy (non-hydrogen) atoms. The van der Waals surface area contributed by atoms with Gasteiger partial charge < -0.3 is 5.32 Å². The van der Waals surface area contributed by atoms with E-state index in [4.69, 9.17) is 0 Å². The van der Waals surface area contributed by atoms with Crippen molar-refractivity contribution in [3.63, 3.8) is 0 Å². The van der Waals surface area contributed by atoms with Gasteiger partial charge in [0.2, 0.25) is 5.91 Å². The minimum Gasteiger partial charge on any atom is -0.326 e. The van der Waals surface area contributed by atoms with Gasteiger partial charge in [0.25, 0.3) is 0 Å². The molecule has 0 heterocycles. The molecule has 1 atom stereocenters. The normalized spacial score (nSPS) is 13.2. The van der Waals surface area contributed by atoms with Crippen LogP contribution in [0.15, 0.2) is 24.3 Å². The van der Waals surface area contributed by atoms with Gasteiger partial charge in [0.1, 0.15) is 0 Å². The van der Waals surface area contributed by atoms with Crippen molar-refractivity contribution in [3.8, 4) is 0 Å². The third-order valence-corrected chi connectivity index (χ3v) is 2.52. The van der Waals surface area contributed by atoms with Gasteiger partial charge >= 0.3 is 6.18 Å². The highest BCUT2D eigenvalue weighted by molar-refractivity contribution is 5.92. The standard InChI is InChI=1S/C12H14F3NO/c1-3-8(2)11(17)16-10-6-4-5-9(7-10)12(13,14)15/h4-8H,3H2,1-2H3,(H,16,17)/t8-/m0/s1. The molecule has 0 aliphatic heterocycles. The van der Waals surface area contributed by atoms with E-state index < -0.39 is 11.7 Å². The SMILES string of the molecule is CC[C@H](C)C(=O)Nc1cccc(C(F)(F)F)c1. The second-order valence-electron chi connectivity index (χ2n) is 3.88. The molecule has 94 valence electrons. The van der Waals surface area contributed by atoms with Gasteiger partial charge in [0.05, 0.1) is 5.56 Å². The van der Waals surface area contributed by atoms with E-state index in [9.17, 15) is 18.0 Å². The molecule has 0 radical (unpaired) electrons. The smallest absolute Gasteiger partial charge is 0.326 e. The molecule has 5 heteroatoms. The molecule has 1 N–H and O–H groups in total. The molecule has 1 aromatic carbocycles. The Bertz CT molecular complexity index is 401. The topological polar surface area (TPSA) is 29.1 Å². The largest absolute Gasteiger partial charge is 0.416 e. The van der Waals surface area contributed by atoms with Gasteiger partial charge in [-0.1, -0.05) is 19.9 Å². The van der Waals surface area contributed by atoms with E-state index in [-0.39, 0.29) is 17.5 Å². The first-order valence-corrected chi connectivity index (χ1v) is 5.32. The Labute approximate surface area is 97.8 Å². The summed E-state index contributed by atoms with van der Waals surface area (Å²) >= 11 is 0. The third-order valence-electron chi connectivity index (χ3n) is 2.52. The molecule has 0 unspecified atom stereocenters. The molecular formula is C12H14F3NO. The molecule has 0 saturated carbocycles. The number of carbonyl (C=O) groups excluding carboxylic acids is 1. The van der Waals surface area contributed by atoms with Crippen LogP contribution in [0.5, 0.6) is 0 Å². The van der Waals surface area contributed by atoms with Crippen LogP contribution in [0.3, 0.4) is 0 Å². The van der Waals surface area contributed by atoms with Crippen molar-refractivity contribution in [2.24, 2.45) is 5.92 Å². The molecular weight excluding hydrogens is 231 g/mol. The first-order valence-electron chi connectivity index (χ1n) is 5.32. The summed E-state index contributed by atoms with van der Waals surface area (Å²) in [4.78, 5) is 11.5. The summed E-state index contributed by atoms with van der Waals surface area (Å²) in [6, 6.07) is 4.61. The maximum Gasteiger partial charge on any atom is 0.416 e. The molecule has 1 amide bonds. The van der Waals surface area contributed by atoms with Crippen molar-refractivity contribution in [2.75, 3.05) is 5.32 Å². The molecule has 0 aliphatic rings. The summed E-state index contributed by atoms with van der Waals surface area (Å²) in [7, 11) is 0. The van der Waals surface area contributed by atoms with E-state index in [0.29, 0.717) is 6.42 Å². The number of hydrogen-bond donors (Lipinski definition) is 1. The Balaban J connectivity index is 2.83. The fourth-order valence-electron chi connectivity index (χ4n) is 1.22. The van der Waals surface area contributed by atoms with Crippen LogP contribution in [0.25, 0.3) is 0 Å². The Morgan fingerprint density at radius 2 is 2.06 bits per heavy atom. The van der Waals surface area contributed by atoms with E-state index in [1.807, 2.05) is 6.92 Å². The van der Waals surface area contributed by atoms with Crippen molar-refractivity contribution in [1.82, 2.24) is 0 Å². The molecule has 0 bridgehead atoms. The molecule has 1 aromatic rings. The summed E-state index contributed by atoms with van der Waals surface area (Å²) < 4.78 is 37.3. The van der Waals surface area contributed by atoms with Crippen LogP contribution in [-0.4, -0.2) is 5.91 Å². The van der Waals surface area contributed by atoms with Gasteiger partial charge in [-0.05, 0) is 24.6 Å². The Morgan fingerprint density at radius 1 is 1.41 bits per heavy atom. The molecule has 2 nitrogen and oxygen atoms in total. The highest BCUT2D eigenvalue weighted by Crippen LogP contribution is 2.30. The number of hydrogen-bond acceptors (Lipinski definition) is 1. The zero-order valence-electron chi connectivity index (χ0n) is 9.64. The average molecular weight is 245 g/mol. The number of nitrogens with one attached hydrogen (secondary N) is 1. The number of benzene rings is 1. The minimum atomic E-state index is -4.39. The van der Waals surface area contributed by atoms with Crippen LogP contribution in [0.4, 0.5) is 18.9 Å². The second kappa shape index (κ2) is 5.21. The number of rotatable bonds is 3. The van der Waals surface area contributed by atoms with Crippen molar-refractivity contribution in [1.29, 1.82) is 0 Å². The van der Waals surface area contributed by atoms with Crippen LogP contribution in [-0.2, 0) is 11.0 Å². The minimum absolute atomic E-state index is 0.171. The van der Waals surface area contributed by atoms with E-state index in [0.717, 1.165) is 12.1 Å². The van der Waals surface area contributed by atoms with Gasteiger partial charge in [-0.3, -0.25) is 4.79 Å². The number of amides is 1. The van der Waals surface area contributed by atoms with Crippen LogP contribution >= 0.6 is 0 Å². The van der Waals surface area contributed by atoms with E-state index in [2.05, 4.69) is 5.32 Å². The quantitative estimate of drug-likeness (QED) is 0.864. The van der Waals surface area contributed by atoms with Crippen molar-refractivity contribution >= 4 is 11.6 Å². The predicted octanol–water partition coefficient (Wildman–Crippen LogP) is 3.69. The lowest BCUT2D eigenvalue weighted by atomic mass is 10.1. The van der Waals surface area contributed by atoms with Gasteiger partial charge in [-0.2, -0.15) is 13.2 Å². The predicted molar refractivity (Wildman–Crippen MR) is 59.5 cm³/mol. The van der Waals surface area contributed by atoms with Crippen LogP contribution in [0.1, 0.15) is 25.8 Å². The monoisotopic (exact) mass is 245 g/mol. The highest BCUT2D eigenvalue weighted by Gasteiger charge is 2.30. The maximum atomic E-state index is 12.4. The lowest BCUT2D eigenvalue weighted by molar-refractivity contribution is -0.137. The molecule has 0 aliphatic carbocycles. The van der Waals surface area contributed by atoms with Crippen molar-refractivity contribution in [3.05, 3.63) is 29.8 Å². The zero-order valence-corrected chi connectivity index (χ0v) is 9.64. The summed E-state index contributed by atoms with van der Waals surface area (Å²) in [6.07, 6.45) is -3.75. The van der Waals surface area contributed by atoms with Gasteiger partial charge in [0, 0.05) is 11.6 Å². The Hall–Kier alpha value is -1.52. The first kappa shape index (κ1) is 13.5. The van der Waals surface area contributed by atoms with Crippen LogP contribution in [0.2, 0.25) is 0 Å². The Kier molecular flexibility index (Phi) is 4.15. The summed E-state index contributed by atoms with van der Waals surface area (Å²) in [6.45, 7) is 3.57. The van der Waals surface area contributed by atoms with Gasteiger partial charge in [-0.25, -0.2) is 0 Å². The van der Waals surface area contributed by atoms with Gasteiger partial charge in [-0.15, -0.1) is 0 Å². The van der Waals surface area contributed by atoms with Crippen LogP contribution in [0, 0.1) is 5.92 Å². The van der Waals surface area contributed by atoms with E-state index in [1.165, 1.54) is 12.1 Å². The van der Waals surface area contributed by atoms with Gasteiger partial charge in [0.15, 0.2) is 0 Å².